The predicted molar refractivity (Wildman–Crippen MR) is 104 cm³/mol. The summed E-state index contributed by atoms with van der Waals surface area (Å²) in [6.45, 7) is 5.36. The molecule has 1 heteroatoms. The third kappa shape index (κ3) is 5.80. The van der Waals surface area contributed by atoms with E-state index < -0.39 is 0 Å². The molecule has 24 heavy (non-hydrogen) atoms. The van der Waals surface area contributed by atoms with Crippen LogP contribution in [0.2, 0.25) is 0 Å². The molecule has 0 bridgehead atoms. The number of terminal acetylenes is 1. The van der Waals surface area contributed by atoms with Crippen LogP contribution < -0.4 is 0 Å². The van der Waals surface area contributed by atoms with Crippen LogP contribution in [0.25, 0.3) is 0 Å². The van der Waals surface area contributed by atoms with Crippen LogP contribution in [0.5, 0.6) is 0 Å². The van der Waals surface area contributed by atoms with Gasteiger partial charge < -0.3 is 4.74 Å². The Morgan fingerprint density at radius 1 is 0.875 bits per heavy atom. The molecule has 0 N–H and O–H groups in total. The SMILES string of the molecule is C#CC1(OCCCC)CCC(C2CCC(CCCCC)CC2)CC1. The third-order valence-electron chi connectivity index (χ3n) is 6.75. The minimum atomic E-state index is -0.233. The molecule has 0 aromatic rings. The molecule has 2 fully saturated rings. The van der Waals surface area contributed by atoms with Crippen molar-refractivity contribution in [1.82, 2.24) is 0 Å². The lowest BCUT2D eigenvalue weighted by Gasteiger charge is -2.41. The van der Waals surface area contributed by atoms with Gasteiger partial charge in [0.2, 0.25) is 0 Å². The van der Waals surface area contributed by atoms with Gasteiger partial charge in [-0.1, -0.05) is 64.7 Å². The molecule has 0 radical (unpaired) electrons. The summed E-state index contributed by atoms with van der Waals surface area (Å²) in [5, 5.41) is 0. The van der Waals surface area contributed by atoms with Crippen LogP contribution in [0.15, 0.2) is 0 Å². The van der Waals surface area contributed by atoms with Crippen LogP contribution in [0.1, 0.15) is 104 Å². The van der Waals surface area contributed by atoms with E-state index in [1.807, 2.05) is 0 Å². The zero-order valence-corrected chi connectivity index (χ0v) is 16.3. The molecule has 0 aliphatic heterocycles. The fraction of sp³-hybridized carbons (Fsp3) is 0.913. The second-order valence-electron chi connectivity index (χ2n) is 8.45. The maximum Gasteiger partial charge on any atom is 0.128 e. The lowest BCUT2D eigenvalue weighted by Crippen LogP contribution is -2.38. The first-order chi connectivity index (χ1) is 11.7. The first kappa shape index (κ1) is 19.8. The molecule has 2 aliphatic carbocycles. The molecule has 2 saturated carbocycles. The first-order valence-electron chi connectivity index (χ1n) is 10.8. The molecule has 0 saturated heterocycles. The van der Waals surface area contributed by atoms with Crippen molar-refractivity contribution < 1.29 is 4.74 Å². The highest BCUT2D eigenvalue weighted by Crippen LogP contribution is 2.44. The lowest BCUT2D eigenvalue weighted by molar-refractivity contribution is -0.0437. The second-order valence-corrected chi connectivity index (χ2v) is 8.45. The highest BCUT2D eigenvalue weighted by Gasteiger charge is 2.37. The molecule has 0 unspecified atom stereocenters. The molecule has 0 heterocycles. The Bertz CT molecular complexity index is 364. The van der Waals surface area contributed by atoms with E-state index in [4.69, 9.17) is 11.2 Å². The van der Waals surface area contributed by atoms with Crippen molar-refractivity contribution in [3.63, 3.8) is 0 Å². The molecule has 2 rings (SSSR count). The van der Waals surface area contributed by atoms with E-state index in [0.717, 1.165) is 43.6 Å². The monoisotopic (exact) mass is 332 g/mol. The van der Waals surface area contributed by atoms with E-state index in [0.29, 0.717) is 0 Å². The zero-order valence-electron chi connectivity index (χ0n) is 16.3. The number of ether oxygens (including phenoxy) is 1. The van der Waals surface area contributed by atoms with Crippen molar-refractivity contribution in [3.8, 4) is 12.3 Å². The quantitative estimate of drug-likeness (QED) is 0.335. The molecule has 0 amide bonds. The van der Waals surface area contributed by atoms with Gasteiger partial charge in [-0.25, -0.2) is 0 Å². The second kappa shape index (κ2) is 10.5. The molecule has 0 aromatic carbocycles. The van der Waals surface area contributed by atoms with Gasteiger partial charge >= 0.3 is 0 Å². The van der Waals surface area contributed by atoms with Crippen LogP contribution in [0.4, 0.5) is 0 Å². The van der Waals surface area contributed by atoms with E-state index in [1.54, 1.807) is 0 Å². The third-order valence-corrected chi connectivity index (χ3v) is 6.75. The van der Waals surface area contributed by atoms with Gasteiger partial charge in [0.15, 0.2) is 0 Å². The Morgan fingerprint density at radius 2 is 1.50 bits per heavy atom. The first-order valence-corrected chi connectivity index (χ1v) is 10.8. The Morgan fingerprint density at radius 3 is 2.08 bits per heavy atom. The maximum atomic E-state index is 6.13. The minimum absolute atomic E-state index is 0.233. The molecule has 0 aromatic heterocycles. The number of rotatable bonds is 9. The van der Waals surface area contributed by atoms with Gasteiger partial charge in [-0.3, -0.25) is 0 Å². The highest BCUT2D eigenvalue weighted by molar-refractivity contribution is 5.10. The van der Waals surface area contributed by atoms with Gasteiger partial charge in [-0.05, 0) is 62.7 Å². The Balaban J connectivity index is 1.70. The van der Waals surface area contributed by atoms with Crippen molar-refractivity contribution in [1.29, 1.82) is 0 Å². The summed E-state index contributed by atoms with van der Waals surface area (Å²) in [6.07, 6.45) is 24.6. The summed E-state index contributed by atoms with van der Waals surface area (Å²) in [5.74, 6) is 5.93. The van der Waals surface area contributed by atoms with Gasteiger partial charge in [-0.15, -0.1) is 6.42 Å². The van der Waals surface area contributed by atoms with Gasteiger partial charge in [0, 0.05) is 6.61 Å². The number of hydrogen-bond donors (Lipinski definition) is 0. The molecule has 0 atom stereocenters. The Labute approximate surface area is 151 Å². The molecule has 138 valence electrons. The summed E-state index contributed by atoms with van der Waals surface area (Å²) in [5.41, 5.74) is -0.233. The maximum absolute atomic E-state index is 6.13. The van der Waals surface area contributed by atoms with Gasteiger partial charge in [0.25, 0.3) is 0 Å². The Hall–Kier alpha value is -0.480. The van der Waals surface area contributed by atoms with E-state index in [1.165, 1.54) is 70.6 Å². The van der Waals surface area contributed by atoms with E-state index in [-0.39, 0.29) is 5.60 Å². The summed E-state index contributed by atoms with van der Waals surface area (Å²) in [4.78, 5) is 0. The van der Waals surface area contributed by atoms with Crippen molar-refractivity contribution >= 4 is 0 Å². The lowest BCUT2D eigenvalue weighted by atomic mass is 9.67. The molecule has 2 aliphatic rings. The predicted octanol–water partition coefficient (Wildman–Crippen LogP) is 6.75. The minimum Gasteiger partial charge on any atom is -0.362 e. The summed E-state index contributed by atoms with van der Waals surface area (Å²) in [6, 6.07) is 0. The van der Waals surface area contributed by atoms with Crippen LogP contribution in [-0.4, -0.2) is 12.2 Å². The normalized spacial score (nSPS) is 34.0. The van der Waals surface area contributed by atoms with Crippen molar-refractivity contribution in [2.75, 3.05) is 6.61 Å². The largest absolute Gasteiger partial charge is 0.362 e. The van der Waals surface area contributed by atoms with Crippen LogP contribution in [-0.2, 0) is 4.74 Å². The smallest absolute Gasteiger partial charge is 0.128 e. The van der Waals surface area contributed by atoms with Gasteiger partial charge in [0.1, 0.15) is 5.60 Å². The molecule has 0 spiro atoms. The van der Waals surface area contributed by atoms with E-state index >= 15 is 0 Å². The van der Waals surface area contributed by atoms with E-state index in [2.05, 4.69) is 19.8 Å². The summed E-state index contributed by atoms with van der Waals surface area (Å²) >= 11 is 0. The number of hydrogen-bond acceptors (Lipinski definition) is 1. The van der Waals surface area contributed by atoms with Crippen LogP contribution in [0.3, 0.4) is 0 Å². The highest BCUT2D eigenvalue weighted by atomic mass is 16.5. The summed E-state index contributed by atoms with van der Waals surface area (Å²) < 4.78 is 6.13. The average molecular weight is 333 g/mol. The van der Waals surface area contributed by atoms with Gasteiger partial charge in [0.05, 0.1) is 0 Å². The Kier molecular flexibility index (Phi) is 8.68. The van der Waals surface area contributed by atoms with Crippen molar-refractivity contribution in [2.24, 2.45) is 17.8 Å². The molecular formula is C23H40O. The fourth-order valence-electron chi connectivity index (χ4n) is 4.95. The molecular weight excluding hydrogens is 292 g/mol. The van der Waals surface area contributed by atoms with Gasteiger partial charge in [-0.2, -0.15) is 0 Å². The fourth-order valence-corrected chi connectivity index (χ4v) is 4.95. The topological polar surface area (TPSA) is 9.23 Å². The standard InChI is InChI=1S/C23H40O/c1-4-7-9-10-20-11-13-21(14-12-20)22-15-17-23(6-3,18-16-22)24-19-8-5-2/h3,20-22H,4-5,7-19H2,1-2H3. The summed E-state index contributed by atoms with van der Waals surface area (Å²) in [7, 11) is 0. The number of unbranched alkanes of at least 4 members (excludes halogenated alkanes) is 3. The van der Waals surface area contributed by atoms with Crippen molar-refractivity contribution in [3.05, 3.63) is 0 Å². The van der Waals surface area contributed by atoms with E-state index in [9.17, 15) is 0 Å². The molecule has 1 nitrogen and oxygen atoms in total. The zero-order chi connectivity index (χ0) is 17.3. The average Bonchev–Trinajstić information content (AvgIpc) is 2.63. The van der Waals surface area contributed by atoms with Crippen molar-refractivity contribution in [2.45, 2.75) is 109 Å². The van der Waals surface area contributed by atoms with Crippen LogP contribution in [0, 0.1) is 30.1 Å². The van der Waals surface area contributed by atoms with Crippen LogP contribution >= 0.6 is 0 Å².